The summed E-state index contributed by atoms with van der Waals surface area (Å²) in [6.45, 7) is 3.80. The van der Waals surface area contributed by atoms with Gasteiger partial charge in [-0.25, -0.2) is 4.39 Å². The summed E-state index contributed by atoms with van der Waals surface area (Å²) in [5, 5.41) is 0. The summed E-state index contributed by atoms with van der Waals surface area (Å²) in [4.78, 5) is 0. The lowest BCUT2D eigenvalue weighted by molar-refractivity contribution is 0.369. The van der Waals surface area contributed by atoms with Crippen molar-refractivity contribution in [2.75, 3.05) is 6.61 Å². The second kappa shape index (κ2) is 4.51. The van der Waals surface area contributed by atoms with Gasteiger partial charge in [0.05, 0.1) is 0 Å². The van der Waals surface area contributed by atoms with Crippen LogP contribution in [-0.2, 0) is 0 Å². The molecule has 1 aromatic rings. The second-order valence-corrected chi connectivity index (χ2v) is 2.63. The van der Waals surface area contributed by atoms with E-state index in [4.69, 9.17) is 4.74 Å². The quantitative estimate of drug-likeness (QED) is 0.632. The Morgan fingerprint density at radius 3 is 2.85 bits per heavy atom. The Morgan fingerprint density at radius 2 is 2.23 bits per heavy atom. The molecular formula is C11H11FO. The summed E-state index contributed by atoms with van der Waals surface area (Å²) in [6, 6.07) is 4.65. The lowest BCUT2D eigenvalue weighted by Gasteiger charge is -2.03. The molecule has 68 valence electrons. The van der Waals surface area contributed by atoms with E-state index in [1.165, 1.54) is 6.07 Å². The molecule has 0 aliphatic rings. The molecule has 0 amide bonds. The molecule has 2 heteroatoms. The highest BCUT2D eigenvalue weighted by Crippen LogP contribution is 2.15. The maximum atomic E-state index is 12.8. The van der Waals surface area contributed by atoms with E-state index >= 15 is 0 Å². The lowest BCUT2D eigenvalue weighted by Crippen LogP contribution is -1.94. The first-order valence-electron chi connectivity index (χ1n) is 4.02. The zero-order valence-electron chi connectivity index (χ0n) is 7.73. The van der Waals surface area contributed by atoms with Crippen molar-refractivity contribution in [2.45, 2.75) is 13.8 Å². The van der Waals surface area contributed by atoms with E-state index in [9.17, 15) is 4.39 Å². The summed E-state index contributed by atoms with van der Waals surface area (Å²) < 4.78 is 18.0. The fourth-order valence-electron chi connectivity index (χ4n) is 0.899. The first kappa shape index (κ1) is 9.60. The Hall–Kier alpha value is -1.49. The van der Waals surface area contributed by atoms with Crippen LogP contribution in [0.1, 0.15) is 12.5 Å². The molecule has 0 unspecified atom stereocenters. The van der Waals surface area contributed by atoms with Gasteiger partial charge in [-0.05, 0) is 37.6 Å². The summed E-state index contributed by atoms with van der Waals surface area (Å²) in [6.07, 6.45) is 0. The van der Waals surface area contributed by atoms with Crippen LogP contribution in [0.3, 0.4) is 0 Å². The highest BCUT2D eigenvalue weighted by molar-refractivity contribution is 5.29. The maximum absolute atomic E-state index is 12.8. The molecule has 0 atom stereocenters. The molecule has 0 N–H and O–H groups in total. The van der Waals surface area contributed by atoms with Gasteiger partial charge in [-0.2, -0.15) is 0 Å². The molecule has 0 bridgehead atoms. The van der Waals surface area contributed by atoms with Gasteiger partial charge < -0.3 is 4.74 Å². The molecule has 0 fully saturated rings. The number of ether oxygens (including phenoxy) is 1. The molecule has 1 rings (SSSR count). The van der Waals surface area contributed by atoms with Crippen LogP contribution in [0.25, 0.3) is 0 Å². The van der Waals surface area contributed by atoms with Gasteiger partial charge in [0.15, 0.2) is 0 Å². The SMILES string of the molecule is CC#CCOc1ccc(F)c(C)c1. The molecule has 0 spiro atoms. The van der Waals surface area contributed by atoms with Crippen molar-refractivity contribution in [3.63, 3.8) is 0 Å². The third-order valence-corrected chi connectivity index (χ3v) is 1.62. The molecular weight excluding hydrogens is 167 g/mol. The largest absolute Gasteiger partial charge is 0.481 e. The van der Waals surface area contributed by atoms with Crippen molar-refractivity contribution in [1.82, 2.24) is 0 Å². The summed E-state index contributed by atoms with van der Waals surface area (Å²) in [7, 11) is 0. The number of halogens is 1. The number of rotatable bonds is 2. The van der Waals surface area contributed by atoms with Crippen LogP contribution in [-0.4, -0.2) is 6.61 Å². The Bertz CT molecular complexity index is 347. The van der Waals surface area contributed by atoms with E-state index in [2.05, 4.69) is 11.8 Å². The Kier molecular flexibility index (Phi) is 3.33. The van der Waals surface area contributed by atoms with E-state index in [0.717, 1.165) is 0 Å². The molecule has 0 saturated carbocycles. The predicted molar refractivity (Wildman–Crippen MR) is 50.1 cm³/mol. The van der Waals surface area contributed by atoms with Gasteiger partial charge in [-0.15, -0.1) is 5.92 Å². The van der Waals surface area contributed by atoms with Crippen LogP contribution in [0.15, 0.2) is 18.2 Å². The lowest BCUT2D eigenvalue weighted by atomic mass is 10.2. The first-order chi connectivity index (χ1) is 6.24. The van der Waals surface area contributed by atoms with E-state index in [1.54, 1.807) is 26.0 Å². The zero-order chi connectivity index (χ0) is 9.68. The summed E-state index contributed by atoms with van der Waals surface area (Å²) in [5.74, 6) is 5.92. The van der Waals surface area contributed by atoms with Crippen LogP contribution >= 0.6 is 0 Å². The molecule has 1 nitrogen and oxygen atoms in total. The Labute approximate surface area is 77.5 Å². The van der Waals surface area contributed by atoms with Crippen molar-refractivity contribution in [2.24, 2.45) is 0 Å². The normalized spacial score (nSPS) is 8.85. The second-order valence-electron chi connectivity index (χ2n) is 2.63. The minimum Gasteiger partial charge on any atom is -0.481 e. The standard InChI is InChI=1S/C11H11FO/c1-3-4-7-13-10-5-6-11(12)9(2)8-10/h5-6,8H,7H2,1-2H3. The number of aryl methyl sites for hydroxylation is 1. The number of hydrogen-bond acceptors (Lipinski definition) is 1. The van der Waals surface area contributed by atoms with Gasteiger partial charge in [-0.1, -0.05) is 5.92 Å². The highest BCUT2D eigenvalue weighted by atomic mass is 19.1. The van der Waals surface area contributed by atoms with Crippen LogP contribution in [0.2, 0.25) is 0 Å². The molecule has 0 heterocycles. The Morgan fingerprint density at radius 1 is 1.46 bits per heavy atom. The third kappa shape index (κ3) is 2.79. The van der Waals surface area contributed by atoms with Gasteiger partial charge in [0.1, 0.15) is 18.2 Å². The minimum atomic E-state index is -0.214. The van der Waals surface area contributed by atoms with Crippen molar-refractivity contribution in [3.8, 4) is 17.6 Å². The van der Waals surface area contributed by atoms with Crippen LogP contribution in [0.4, 0.5) is 4.39 Å². The van der Waals surface area contributed by atoms with Crippen LogP contribution in [0.5, 0.6) is 5.75 Å². The van der Waals surface area contributed by atoms with Gasteiger partial charge in [0, 0.05) is 0 Å². The van der Waals surface area contributed by atoms with Crippen LogP contribution in [0, 0.1) is 24.6 Å². The average Bonchev–Trinajstić information content (AvgIpc) is 2.12. The van der Waals surface area contributed by atoms with E-state index in [-0.39, 0.29) is 5.82 Å². The zero-order valence-corrected chi connectivity index (χ0v) is 7.73. The van der Waals surface area contributed by atoms with Crippen molar-refractivity contribution >= 4 is 0 Å². The smallest absolute Gasteiger partial charge is 0.149 e. The number of benzene rings is 1. The summed E-state index contributed by atoms with van der Waals surface area (Å²) >= 11 is 0. The van der Waals surface area contributed by atoms with E-state index in [0.29, 0.717) is 17.9 Å². The predicted octanol–water partition coefficient (Wildman–Crippen LogP) is 2.54. The van der Waals surface area contributed by atoms with Gasteiger partial charge >= 0.3 is 0 Å². The molecule has 13 heavy (non-hydrogen) atoms. The monoisotopic (exact) mass is 178 g/mol. The van der Waals surface area contributed by atoms with Crippen molar-refractivity contribution in [3.05, 3.63) is 29.6 Å². The van der Waals surface area contributed by atoms with Crippen molar-refractivity contribution < 1.29 is 9.13 Å². The Balaban J connectivity index is 2.66. The fraction of sp³-hybridized carbons (Fsp3) is 0.273. The maximum Gasteiger partial charge on any atom is 0.149 e. The van der Waals surface area contributed by atoms with Gasteiger partial charge in [-0.3, -0.25) is 0 Å². The van der Waals surface area contributed by atoms with E-state index < -0.39 is 0 Å². The van der Waals surface area contributed by atoms with Gasteiger partial charge in [0.2, 0.25) is 0 Å². The van der Waals surface area contributed by atoms with Crippen LogP contribution < -0.4 is 4.74 Å². The third-order valence-electron chi connectivity index (χ3n) is 1.62. The average molecular weight is 178 g/mol. The summed E-state index contributed by atoms with van der Waals surface area (Å²) in [5.41, 5.74) is 0.585. The first-order valence-corrected chi connectivity index (χ1v) is 4.02. The number of hydrogen-bond donors (Lipinski definition) is 0. The molecule has 0 saturated heterocycles. The highest BCUT2D eigenvalue weighted by Gasteiger charge is 1.98. The molecule has 1 aromatic carbocycles. The molecule has 0 aliphatic carbocycles. The molecule has 0 aromatic heterocycles. The molecule has 0 aliphatic heterocycles. The molecule has 0 radical (unpaired) electrons. The van der Waals surface area contributed by atoms with E-state index in [1.807, 2.05) is 0 Å². The topological polar surface area (TPSA) is 9.23 Å². The minimum absolute atomic E-state index is 0.214. The van der Waals surface area contributed by atoms with Crippen molar-refractivity contribution in [1.29, 1.82) is 0 Å². The van der Waals surface area contributed by atoms with Gasteiger partial charge in [0.25, 0.3) is 0 Å². The fourth-order valence-corrected chi connectivity index (χ4v) is 0.899.